The molecule has 3 atom stereocenters. The Balaban J connectivity index is 0.816. The molecule has 0 saturated carbocycles. The molecule has 60 heavy (non-hydrogen) atoms. The molecule has 1 aliphatic carbocycles. The lowest BCUT2D eigenvalue weighted by molar-refractivity contribution is 0.815. The van der Waals surface area contributed by atoms with Crippen molar-refractivity contribution >= 4 is 68.4 Å². The highest BCUT2D eigenvalue weighted by Gasteiger charge is 2.24. The fourth-order valence-corrected chi connectivity index (χ4v) is 8.75. The Morgan fingerprint density at radius 3 is 2.03 bits per heavy atom. The maximum absolute atomic E-state index is 6.56. The van der Waals surface area contributed by atoms with Crippen LogP contribution in [0.3, 0.4) is 0 Å². The molecule has 0 radical (unpaired) electrons. The number of allylic oxidation sites excluding steroid dienone is 5. The van der Waals surface area contributed by atoms with Gasteiger partial charge in [0.2, 0.25) is 0 Å². The number of hydrogen-bond donors (Lipinski definition) is 4. The van der Waals surface area contributed by atoms with Gasteiger partial charge in [0.1, 0.15) is 0 Å². The zero-order chi connectivity index (χ0) is 40.2. The molecule has 288 valence electrons. The van der Waals surface area contributed by atoms with Gasteiger partial charge in [-0.15, -0.1) is 0 Å². The number of aromatic nitrogens is 2. The Kier molecular flexibility index (Phi) is 8.63. The Labute approximate surface area is 349 Å². The number of hydrogen-bond acceptors (Lipinski definition) is 6. The van der Waals surface area contributed by atoms with Gasteiger partial charge in [0.05, 0.1) is 57.6 Å². The van der Waals surface area contributed by atoms with Crippen LogP contribution in [0.1, 0.15) is 58.1 Å². The number of pyridine rings is 2. The maximum atomic E-state index is 6.56. The van der Waals surface area contributed by atoms with Crippen LogP contribution in [0.5, 0.6) is 0 Å². The first-order valence-electron chi connectivity index (χ1n) is 20.6. The average Bonchev–Trinajstić information content (AvgIpc) is 3.31. The van der Waals surface area contributed by atoms with Crippen LogP contribution in [-0.2, 0) is 0 Å². The predicted octanol–water partition coefficient (Wildman–Crippen LogP) is 12.3. The number of benzene rings is 5. The number of dihydropyridines is 1. The summed E-state index contributed by atoms with van der Waals surface area (Å²) in [7, 11) is 0. The van der Waals surface area contributed by atoms with Crippen molar-refractivity contribution in [3.05, 3.63) is 215 Å². The summed E-state index contributed by atoms with van der Waals surface area (Å²) in [6, 6.07) is 43.1. The molecule has 5 heterocycles. The largest absolute Gasteiger partial charge is 0.396 e. The van der Waals surface area contributed by atoms with E-state index in [1.807, 2.05) is 25.1 Å². The van der Waals surface area contributed by atoms with Gasteiger partial charge in [-0.3, -0.25) is 0 Å². The monoisotopic (exact) mass is 774 g/mol. The lowest BCUT2D eigenvalue weighted by atomic mass is 9.91. The quantitative estimate of drug-likeness (QED) is 0.126. The van der Waals surface area contributed by atoms with E-state index in [2.05, 4.69) is 186 Å². The first-order valence-corrected chi connectivity index (χ1v) is 20.6. The molecule has 5 N–H and O–H groups in total. The SMILES string of the molecule is C/C=C\c1ccc2ccc(C3=CC4NC(c5ccc6ccc(-c7ccc(C8C=Cc9ccc%10c(c9N8)NC(c8ccccc8)C=C%10)cc7)nc6c5)=CC=C4C=C3)nc2c1N. The Morgan fingerprint density at radius 1 is 0.583 bits per heavy atom. The third-order valence-corrected chi connectivity index (χ3v) is 12.0. The molecule has 0 fully saturated rings. The molecule has 0 bridgehead atoms. The summed E-state index contributed by atoms with van der Waals surface area (Å²) < 4.78 is 0. The Hall–Kier alpha value is -7.70. The minimum absolute atomic E-state index is 0.00871. The van der Waals surface area contributed by atoms with Crippen LogP contribution >= 0.6 is 0 Å². The van der Waals surface area contributed by atoms with Gasteiger partial charge in [-0.05, 0) is 81.8 Å². The third kappa shape index (κ3) is 6.39. The van der Waals surface area contributed by atoms with E-state index < -0.39 is 0 Å². The smallest absolute Gasteiger partial charge is 0.0944 e. The second-order valence-corrected chi connectivity index (χ2v) is 15.8. The van der Waals surface area contributed by atoms with Crippen molar-refractivity contribution in [3.63, 3.8) is 0 Å². The van der Waals surface area contributed by atoms with Crippen molar-refractivity contribution in [2.24, 2.45) is 0 Å². The van der Waals surface area contributed by atoms with Gasteiger partial charge in [-0.25, -0.2) is 9.97 Å². The van der Waals surface area contributed by atoms with Crippen LogP contribution in [0, 0.1) is 0 Å². The molecule has 6 nitrogen and oxygen atoms in total. The molecule has 11 rings (SSSR count). The van der Waals surface area contributed by atoms with Crippen molar-refractivity contribution in [2.75, 3.05) is 16.4 Å². The molecule has 2 aromatic heterocycles. The molecule has 7 aromatic rings. The summed E-state index contributed by atoms with van der Waals surface area (Å²) >= 11 is 0. The van der Waals surface area contributed by atoms with Gasteiger partial charge in [0.15, 0.2) is 0 Å². The van der Waals surface area contributed by atoms with Gasteiger partial charge < -0.3 is 21.7 Å². The van der Waals surface area contributed by atoms with Gasteiger partial charge in [-0.1, -0.05) is 158 Å². The van der Waals surface area contributed by atoms with E-state index in [1.54, 1.807) is 0 Å². The summed E-state index contributed by atoms with van der Waals surface area (Å²) in [5.74, 6) is 0. The minimum Gasteiger partial charge on any atom is -0.396 e. The summed E-state index contributed by atoms with van der Waals surface area (Å²) in [5, 5.41) is 13.6. The number of nitrogens with zero attached hydrogens (tertiary/aromatic N) is 2. The summed E-state index contributed by atoms with van der Waals surface area (Å²) in [5.41, 5.74) is 24.5. The van der Waals surface area contributed by atoms with Crippen LogP contribution in [0.15, 0.2) is 176 Å². The number of rotatable bonds is 6. The van der Waals surface area contributed by atoms with E-state index in [1.165, 1.54) is 27.8 Å². The van der Waals surface area contributed by atoms with Crippen LogP contribution in [0.2, 0.25) is 0 Å². The normalized spacial score (nSPS) is 18.8. The summed E-state index contributed by atoms with van der Waals surface area (Å²) in [4.78, 5) is 10.2. The topological polar surface area (TPSA) is 87.9 Å². The summed E-state index contributed by atoms with van der Waals surface area (Å²) in [6.45, 7) is 2.00. The number of fused-ring (bicyclic) bond motifs is 6. The minimum atomic E-state index is 0.00871. The van der Waals surface area contributed by atoms with Crippen molar-refractivity contribution in [3.8, 4) is 11.3 Å². The first-order chi connectivity index (χ1) is 29.5. The van der Waals surface area contributed by atoms with Crippen molar-refractivity contribution in [2.45, 2.75) is 25.0 Å². The van der Waals surface area contributed by atoms with Gasteiger partial charge in [0, 0.05) is 22.0 Å². The number of nitrogen functional groups attached to an aromatic ring is 1. The highest BCUT2D eigenvalue weighted by molar-refractivity contribution is 5.96. The molecule has 0 amide bonds. The fraction of sp³-hybridized carbons (Fsp3) is 0.0741. The van der Waals surface area contributed by atoms with E-state index in [-0.39, 0.29) is 18.1 Å². The zero-order valence-electron chi connectivity index (χ0n) is 33.1. The molecule has 3 unspecified atom stereocenters. The number of nitrogens with two attached hydrogens (primary N) is 1. The first kappa shape index (κ1) is 35.5. The highest BCUT2D eigenvalue weighted by atomic mass is 15.0. The van der Waals surface area contributed by atoms with Gasteiger partial charge in [-0.2, -0.15) is 0 Å². The van der Waals surface area contributed by atoms with Crippen LogP contribution < -0.4 is 21.7 Å². The lowest BCUT2D eigenvalue weighted by Crippen LogP contribution is -2.31. The van der Waals surface area contributed by atoms with Crippen molar-refractivity contribution < 1.29 is 0 Å². The van der Waals surface area contributed by atoms with E-state index in [0.29, 0.717) is 5.69 Å². The Morgan fingerprint density at radius 2 is 1.27 bits per heavy atom. The van der Waals surface area contributed by atoms with E-state index in [4.69, 9.17) is 15.7 Å². The lowest BCUT2D eigenvalue weighted by Gasteiger charge is -2.30. The number of anilines is 3. The maximum Gasteiger partial charge on any atom is 0.0944 e. The van der Waals surface area contributed by atoms with Crippen LogP contribution in [-0.4, -0.2) is 16.0 Å². The van der Waals surface area contributed by atoms with E-state index >= 15 is 0 Å². The molecular weight excluding hydrogens is 733 g/mol. The van der Waals surface area contributed by atoms with Gasteiger partial charge >= 0.3 is 0 Å². The van der Waals surface area contributed by atoms with Gasteiger partial charge in [0.25, 0.3) is 0 Å². The van der Waals surface area contributed by atoms with E-state index in [0.717, 1.165) is 72.5 Å². The highest BCUT2D eigenvalue weighted by Crippen LogP contribution is 2.42. The fourth-order valence-electron chi connectivity index (χ4n) is 8.75. The van der Waals surface area contributed by atoms with Crippen molar-refractivity contribution in [1.29, 1.82) is 0 Å². The standard InChI is InChI=1S/C54H42N6/c1-2-6-38-15-16-39-23-30-48(58-52(39)51(38)55)43-20-14-37-22-27-47(57-50(37)32-43)42-19-13-36-21-26-44(56-49(36)31-42)34-9-11-35(12-10-34)46-29-25-41-18-17-40-24-28-45(33-7-4-3-5-8-33)59-53(40)54(41)60-46/h2-32,45-46,50,57,59-60H,55H2,1H3/b6-2-. The molecule has 3 aliphatic heterocycles. The second kappa shape index (κ2) is 14.6. The molecule has 5 aromatic carbocycles. The predicted molar refractivity (Wildman–Crippen MR) is 252 cm³/mol. The van der Waals surface area contributed by atoms with Crippen LogP contribution in [0.25, 0.3) is 62.6 Å². The number of nitrogens with one attached hydrogen (secondary N) is 3. The molecule has 4 aliphatic rings. The molecular formula is C54H42N6. The Bertz CT molecular complexity index is 3090. The third-order valence-electron chi connectivity index (χ3n) is 12.0. The zero-order valence-corrected chi connectivity index (χ0v) is 33.1. The molecule has 6 heteroatoms. The summed E-state index contributed by atoms with van der Waals surface area (Å²) in [6.07, 6.45) is 23.9. The average molecular weight is 775 g/mol. The second-order valence-electron chi connectivity index (χ2n) is 15.8. The molecule has 0 spiro atoms. The van der Waals surface area contributed by atoms with Crippen LogP contribution in [0.4, 0.5) is 17.1 Å². The van der Waals surface area contributed by atoms with E-state index in [9.17, 15) is 0 Å². The van der Waals surface area contributed by atoms with Crippen molar-refractivity contribution in [1.82, 2.24) is 15.3 Å². The molecule has 0 saturated heterocycles.